The van der Waals surface area contributed by atoms with Crippen molar-refractivity contribution in [1.82, 2.24) is 0 Å². The first kappa shape index (κ1) is 24.7. The van der Waals surface area contributed by atoms with Gasteiger partial charge in [-0.2, -0.15) is 5.26 Å². The van der Waals surface area contributed by atoms with Crippen molar-refractivity contribution in [3.05, 3.63) is 138 Å². The molecule has 0 saturated carbocycles. The molecule has 6 aromatic carbocycles. The minimum absolute atomic E-state index is 0.0392. The maximum Gasteiger partial charge on any atom is 0.252 e. The van der Waals surface area contributed by atoms with Crippen LogP contribution in [0.4, 0.5) is 34.1 Å². The largest absolute Gasteiger partial charge is 0.453 e. The zero-order valence-electron chi connectivity index (χ0n) is 24.9. The topological polar surface area (TPSA) is 39.5 Å². The molecule has 0 N–H and O–H groups in total. The van der Waals surface area contributed by atoms with Crippen molar-refractivity contribution in [2.24, 2.45) is 0 Å². The van der Waals surface area contributed by atoms with Crippen LogP contribution in [-0.4, -0.2) is 6.71 Å². The number of para-hydroxylation sites is 5. The quantitative estimate of drug-likeness (QED) is 0.186. The van der Waals surface area contributed by atoms with E-state index in [1.165, 1.54) is 44.6 Å². The lowest BCUT2D eigenvalue weighted by atomic mass is 9.33. The number of fused-ring (bicyclic) bond motifs is 8. The fourth-order valence-corrected chi connectivity index (χ4v) is 8.24. The predicted octanol–water partition coefficient (Wildman–Crippen LogP) is 8.05. The summed E-state index contributed by atoms with van der Waals surface area (Å²) < 4.78 is 6.58. The Morgan fingerprint density at radius 1 is 0.600 bits per heavy atom. The highest BCUT2D eigenvalue weighted by atomic mass is 16.5. The van der Waals surface area contributed by atoms with Gasteiger partial charge in [-0.25, -0.2) is 0 Å². The molecule has 45 heavy (non-hydrogen) atoms. The first-order chi connectivity index (χ1) is 22.0. The third-order valence-corrected chi connectivity index (χ3v) is 10.2. The van der Waals surface area contributed by atoms with Gasteiger partial charge in [0.25, 0.3) is 6.71 Å². The molecule has 0 amide bonds. The van der Waals surface area contributed by atoms with E-state index in [1.807, 2.05) is 18.2 Å². The van der Waals surface area contributed by atoms with Gasteiger partial charge >= 0.3 is 0 Å². The fraction of sp³-hybridized carbons (Fsp3) is 0.0750. The molecule has 5 heteroatoms. The van der Waals surface area contributed by atoms with Crippen LogP contribution in [0, 0.1) is 11.3 Å². The van der Waals surface area contributed by atoms with Gasteiger partial charge in [-0.1, -0.05) is 86.6 Å². The number of anilines is 6. The van der Waals surface area contributed by atoms with Crippen molar-refractivity contribution in [3.8, 4) is 28.7 Å². The van der Waals surface area contributed by atoms with E-state index in [2.05, 4.69) is 133 Å². The fourth-order valence-electron chi connectivity index (χ4n) is 8.24. The Balaban J connectivity index is 1.37. The molecule has 4 aliphatic heterocycles. The number of rotatable bonds is 1. The van der Waals surface area contributed by atoms with Gasteiger partial charge in [0, 0.05) is 22.5 Å². The smallest absolute Gasteiger partial charge is 0.252 e. The number of hydrogen-bond acceptors (Lipinski definition) is 4. The van der Waals surface area contributed by atoms with E-state index in [9.17, 15) is 5.26 Å². The van der Waals surface area contributed by atoms with Crippen molar-refractivity contribution in [2.45, 2.75) is 19.3 Å². The second-order valence-electron chi connectivity index (χ2n) is 12.9. The van der Waals surface area contributed by atoms with Crippen LogP contribution in [0.1, 0.15) is 30.5 Å². The maximum atomic E-state index is 9.51. The molecule has 210 valence electrons. The van der Waals surface area contributed by atoms with Gasteiger partial charge in [0.2, 0.25) is 0 Å². The van der Waals surface area contributed by atoms with Crippen LogP contribution in [-0.2, 0) is 5.41 Å². The molecule has 0 radical (unpaired) electrons. The summed E-state index contributed by atoms with van der Waals surface area (Å²) >= 11 is 0. The average Bonchev–Trinajstić information content (AvgIpc) is 3.08. The molecule has 0 fully saturated rings. The van der Waals surface area contributed by atoms with Gasteiger partial charge in [0.05, 0.1) is 28.7 Å². The van der Waals surface area contributed by atoms with E-state index in [0.717, 1.165) is 39.7 Å². The third kappa shape index (κ3) is 3.06. The molecule has 0 saturated heterocycles. The van der Waals surface area contributed by atoms with Crippen LogP contribution in [0.2, 0.25) is 0 Å². The number of benzene rings is 6. The summed E-state index contributed by atoms with van der Waals surface area (Å²) in [5.74, 6) is 1.72. The van der Waals surface area contributed by atoms with Crippen molar-refractivity contribution in [1.29, 1.82) is 5.26 Å². The number of hydrogen-bond donors (Lipinski definition) is 0. The molecule has 0 aromatic heterocycles. The third-order valence-electron chi connectivity index (χ3n) is 10.2. The van der Waals surface area contributed by atoms with Crippen LogP contribution in [0.25, 0.3) is 11.1 Å². The summed E-state index contributed by atoms with van der Waals surface area (Å²) in [7, 11) is 0. The first-order valence-corrected chi connectivity index (χ1v) is 15.5. The number of ether oxygens (including phenoxy) is 1. The second kappa shape index (κ2) is 8.46. The molecule has 6 aromatic rings. The van der Waals surface area contributed by atoms with Gasteiger partial charge in [-0.3, -0.25) is 0 Å². The summed E-state index contributed by atoms with van der Waals surface area (Å²) in [6, 6.07) is 45.5. The molecule has 0 aliphatic carbocycles. The minimum atomic E-state index is -0.164. The highest BCUT2D eigenvalue weighted by Crippen LogP contribution is 2.56. The van der Waals surface area contributed by atoms with E-state index < -0.39 is 0 Å². The normalized spacial score (nSPS) is 15.1. The second-order valence-corrected chi connectivity index (χ2v) is 12.9. The van der Waals surface area contributed by atoms with Gasteiger partial charge in [0.15, 0.2) is 11.5 Å². The number of nitrogens with zero attached hydrogens (tertiary/aromatic N) is 3. The molecular formula is C40H26BN3O. The summed E-state index contributed by atoms with van der Waals surface area (Å²) in [5, 5.41) is 9.51. The Hall–Kier alpha value is -5.73. The zero-order valence-corrected chi connectivity index (χ0v) is 24.9. The van der Waals surface area contributed by atoms with E-state index in [4.69, 9.17) is 4.74 Å². The van der Waals surface area contributed by atoms with Crippen molar-refractivity contribution in [2.75, 3.05) is 9.80 Å². The van der Waals surface area contributed by atoms with Gasteiger partial charge in [-0.15, -0.1) is 0 Å². The summed E-state index contributed by atoms with van der Waals surface area (Å²) in [5.41, 5.74) is 16.2. The predicted molar refractivity (Wildman–Crippen MR) is 183 cm³/mol. The zero-order chi connectivity index (χ0) is 30.0. The monoisotopic (exact) mass is 575 g/mol. The maximum absolute atomic E-state index is 9.51. The number of nitriles is 1. The van der Waals surface area contributed by atoms with Crippen molar-refractivity contribution < 1.29 is 4.74 Å². The SMILES string of the molecule is CC1(C)c2ccccc2N2c3cc(-c4ccc(C#N)cc4)cc4c3B(c3cccc5c3N4c3ccccc3O5)c3cccc1c32. The van der Waals surface area contributed by atoms with E-state index in [1.54, 1.807) is 0 Å². The van der Waals surface area contributed by atoms with Crippen molar-refractivity contribution in [3.63, 3.8) is 0 Å². The highest BCUT2D eigenvalue weighted by molar-refractivity contribution is 7.00. The summed E-state index contributed by atoms with van der Waals surface area (Å²) in [4.78, 5) is 4.94. The molecule has 0 spiro atoms. The Bertz CT molecular complexity index is 2320. The van der Waals surface area contributed by atoms with Crippen LogP contribution < -0.4 is 30.9 Å². The minimum Gasteiger partial charge on any atom is -0.453 e. The lowest BCUT2D eigenvalue weighted by Gasteiger charge is -2.50. The molecule has 4 heterocycles. The van der Waals surface area contributed by atoms with Gasteiger partial charge < -0.3 is 14.5 Å². The van der Waals surface area contributed by atoms with E-state index >= 15 is 0 Å². The Morgan fingerprint density at radius 3 is 2.00 bits per heavy atom. The van der Waals surface area contributed by atoms with Crippen LogP contribution in [0.3, 0.4) is 0 Å². The van der Waals surface area contributed by atoms with Crippen LogP contribution in [0.5, 0.6) is 11.5 Å². The van der Waals surface area contributed by atoms with Crippen LogP contribution >= 0.6 is 0 Å². The summed E-state index contributed by atoms with van der Waals surface area (Å²) in [6.45, 7) is 4.74. The first-order valence-electron chi connectivity index (χ1n) is 15.5. The average molecular weight is 575 g/mol. The lowest BCUT2D eigenvalue weighted by molar-refractivity contribution is 0.477. The van der Waals surface area contributed by atoms with Crippen LogP contribution in [0.15, 0.2) is 121 Å². The molecule has 0 atom stereocenters. The summed E-state index contributed by atoms with van der Waals surface area (Å²) in [6.07, 6.45) is 0. The van der Waals surface area contributed by atoms with E-state index in [0.29, 0.717) is 5.56 Å². The molecule has 0 unspecified atom stereocenters. The molecule has 0 bridgehead atoms. The van der Waals surface area contributed by atoms with Gasteiger partial charge in [-0.05, 0) is 87.2 Å². The Kier molecular flexibility index (Phi) is 4.64. The molecule has 10 rings (SSSR count). The Morgan fingerprint density at radius 2 is 1.22 bits per heavy atom. The van der Waals surface area contributed by atoms with Crippen molar-refractivity contribution >= 4 is 57.2 Å². The van der Waals surface area contributed by atoms with Gasteiger partial charge in [0.1, 0.15) is 0 Å². The highest BCUT2D eigenvalue weighted by Gasteiger charge is 2.49. The lowest BCUT2D eigenvalue weighted by Crippen LogP contribution is -2.62. The molecule has 4 aliphatic rings. The molecular weight excluding hydrogens is 549 g/mol. The van der Waals surface area contributed by atoms with E-state index in [-0.39, 0.29) is 12.1 Å². The molecule has 4 nitrogen and oxygen atoms in total. The standard InChI is InChI=1S/C40H26BN3O/c1-40(2)27-9-3-4-13-31(27)43-33-21-26(25-19-17-24(23-42)18-20-25)22-34-37(33)41(29-11-7-10-28(40)38(29)43)30-12-8-16-36-39(30)44(34)32-14-5-6-15-35(32)45-36/h3-22H,1-2H3. The Labute approximate surface area is 262 Å².